The van der Waals surface area contributed by atoms with Crippen molar-refractivity contribution in [1.82, 2.24) is 0 Å². The van der Waals surface area contributed by atoms with Gasteiger partial charge >= 0.3 is 0 Å². The highest BCUT2D eigenvalue weighted by Gasteiger charge is 1.63. The van der Waals surface area contributed by atoms with Crippen molar-refractivity contribution in [2.45, 2.75) is 0 Å². The lowest BCUT2D eigenvalue weighted by atomic mass is 10.4. The van der Waals surface area contributed by atoms with Crippen LogP contribution in [0.5, 0.6) is 0 Å². The van der Waals surface area contributed by atoms with E-state index in [-0.39, 0.29) is 0 Å². The van der Waals surface area contributed by atoms with Gasteiger partial charge < -0.3 is 10.2 Å². The monoisotopic (exact) mass is 236 g/mol. The van der Waals surface area contributed by atoms with Gasteiger partial charge in [0.05, 0.1) is 0 Å². The Morgan fingerprint density at radius 2 is 1.15 bits per heavy atom. The van der Waals surface area contributed by atoms with Crippen LogP contribution in [0.3, 0.4) is 0 Å². The van der Waals surface area contributed by atoms with Crippen molar-refractivity contribution in [2.24, 2.45) is 0 Å². The van der Waals surface area contributed by atoms with Gasteiger partial charge in [-0.1, -0.05) is 36.4 Å². The molecule has 0 unspecified atom stereocenters. The molecule has 0 heterocycles. The summed E-state index contributed by atoms with van der Waals surface area (Å²) in [6, 6.07) is 12.0. The van der Waals surface area contributed by atoms with E-state index < -0.39 is 4.51 Å². The summed E-state index contributed by atoms with van der Waals surface area (Å²) < 4.78 is -0.528. The van der Waals surface area contributed by atoms with Crippen molar-refractivity contribution in [2.75, 3.05) is 0 Å². The van der Waals surface area contributed by atoms with Crippen molar-refractivity contribution >= 4 is 46.1 Å². The standard InChI is InChI=1S/C6H6.CHClOS.CH2OS/c1-2-4-6-5-3-1;2-1(3)4;2-1-3/h1-6H;(H,3,4);1H,(H,2,3). The molecular weight excluding hydrogens is 228 g/mol. The van der Waals surface area contributed by atoms with Gasteiger partial charge in [-0.15, -0.1) is 0 Å². The lowest BCUT2D eigenvalue weighted by molar-refractivity contribution is 0.584. The molecule has 0 amide bonds. The van der Waals surface area contributed by atoms with Gasteiger partial charge in [0.25, 0.3) is 4.51 Å². The van der Waals surface area contributed by atoms with E-state index in [1.165, 1.54) is 0 Å². The molecular formula is C8H9ClO2S2. The first-order valence-corrected chi connectivity index (χ1v) is 4.37. The van der Waals surface area contributed by atoms with E-state index in [1.54, 1.807) is 0 Å². The Labute approximate surface area is 92.8 Å². The normalized spacial score (nSPS) is 6.54. The smallest absolute Gasteiger partial charge is 0.252 e. The molecule has 1 aromatic carbocycles. The van der Waals surface area contributed by atoms with Gasteiger partial charge in [0.15, 0.2) is 0 Å². The average Bonchev–Trinajstić information content (AvgIpc) is 2.08. The molecule has 2 nitrogen and oxygen atoms in total. The summed E-state index contributed by atoms with van der Waals surface area (Å²) in [7, 11) is 0. The van der Waals surface area contributed by atoms with Crippen LogP contribution >= 0.6 is 36.0 Å². The maximum atomic E-state index is 7.55. The molecule has 0 aliphatic carbocycles. The predicted octanol–water partition coefficient (Wildman–Crippen LogP) is 3.26. The first-order chi connectivity index (χ1) is 6.15. The first kappa shape index (κ1) is 14.8. The summed E-state index contributed by atoms with van der Waals surface area (Å²) in [4.78, 5) is 0. The van der Waals surface area contributed by atoms with Crippen LogP contribution in [0.25, 0.3) is 0 Å². The van der Waals surface area contributed by atoms with Gasteiger partial charge in [-0.2, -0.15) is 0 Å². The van der Waals surface area contributed by atoms with E-state index in [1.807, 2.05) is 36.4 Å². The fourth-order valence-electron chi connectivity index (χ4n) is 0.385. The van der Waals surface area contributed by atoms with Crippen LogP contribution in [0.15, 0.2) is 36.4 Å². The third-order valence-corrected chi connectivity index (χ3v) is 0.667. The average molecular weight is 237 g/mol. The fraction of sp³-hybridized carbons (Fsp3) is 0. The minimum Gasteiger partial charge on any atom is -0.504 e. The number of thiocarbonyl (C=S) groups is 2. The molecule has 0 saturated carbocycles. The lowest BCUT2D eigenvalue weighted by Crippen LogP contribution is -1.65. The molecule has 0 aliphatic heterocycles. The molecule has 72 valence electrons. The molecule has 1 rings (SSSR count). The number of hydrogen-bond donors (Lipinski definition) is 2. The van der Waals surface area contributed by atoms with Gasteiger partial charge in [0.1, 0.15) is 5.55 Å². The molecule has 0 atom stereocenters. The molecule has 0 saturated heterocycles. The zero-order valence-electron chi connectivity index (χ0n) is 6.63. The summed E-state index contributed by atoms with van der Waals surface area (Å²) in [6.07, 6.45) is 0. The van der Waals surface area contributed by atoms with Gasteiger partial charge in [-0.05, 0) is 36.0 Å². The van der Waals surface area contributed by atoms with Crippen LogP contribution in [0.4, 0.5) is 0 Å². The fourth-order valence-corrected chi connectivity index (χ4v) is 0.385. The molecule has 0 spiro atoms. The number of hydrogen-bond acceptors (Lipinski definition) is 2. The van der Waals surface area contributed by atoms with E-state index in [4.69, 9.17) is 10.2 Å². The van der Waals surface area contributed by atoms with E-state index in [0.717, 1.165) is 0 Å². The highest BCUT2D eigenvalue weighted by Crippen LogP contribution is 1.79. The van der Waals surface area contributed by atoms with Gasteiger partial charge in [0.2, 0.25) is 0 Å². The molecule has 13 heavy (non-hydrogen) atoms. The van der Waals surface area contributed by atoms with Crippen molar-refractivity contribution < 1.29 is 10.2 Å². The van der Waals surface area contributed by atoms with Crippen LogP contribution in [0, 0.1) is 0 Å². The molecule has 0 radical (unpaired) electrons. The van der Waals surface area contributed by atoms with Crippen molar-refractivity contribution in [3.05, 3.63) is 36.4 Å². The molecule has 0 aromatic heterocycles. The minimum atomic E-state index is -0.528. The third-order valence-electron chi connectivity index (χ3n) is 0.667. The topological polar surface area (TPSA) is 40.5 Å². The van der Waals surface area contributed by atoms with E-state index in [0.29, 0.717) is 5.55 Å². The second-order valence-corrected chi connectivity index (χ2v) is 2.69. The highest BCUT2D eigenvalue weighted by molar-refractivity contribution is 7.82. The number of benzene rings is 1. The zero-order chi connectivity index (χ0) is 10.5. The Morgan fingerprint density at radius 1 is 1.08 bits per heavy atom. The Hall–Kier alpha value is -0.710. The van der Waals surface area contributed by atoms with Gasteiger partial charge in [-0.3, -0.25) is 0 Å². The second-order valence-electron chi connectivity index (χ2n) is 1.51. The predicted molar refractivity (Wildman–Crippen MR) is 63.8 cm³/mol. The Kier molecular flexibility index (Phi) is 15.8. The van der Waals surface area contributed by atoms with Crippen LogP contribution in [0.2, 0.25) is 0 Å². The van der Waals surface area contributed by atoms with Crippen LogP contribution in [-0.2, 0) is 0 Å². The Bertz CT molecular complexity index is 186. The van der Waals surface area contributed by atoms with E-state index >= 15 is 0 Å². The summed E-state index contributed by atoms with van der Waals surface area (Å²) in [5, 5.41) is 14.8. The second kappa shape index (κ2) is 13.9. The summed E-state index contributed by atoms with van der Waals surface area (Å²) >= 11 is 12.2. The lowest BCUT2D eigenvalue weighted by Gasteiger charge is -1.69. The SMILES string of the molecule is OC(=S)Cl.OC=S.c1ccccc1. The van der Waals surface area contributed by atoms with E-state index in [2.05, 4.69) is 36.0 Å². The summed E-state index contributed by atoms with van der Waals surface area (Å²) in [5.41, 5.74) is 0.583. The largest absolute Gasteiger partial charge is 0.504 e. The summed E-state index contributed by atoms with van der Waals surface area (Å²) in [5.74, 6) is 0. The van der Waals surface area contributed by atoms with Crippen molar-refractivity contribution in [1.29, 1.82) is 0 Å². The third kappa shape index (κ3) is 34.8. The first-order valence-electron chi connectivity index (χ1n) is 3.11. The summed E-state index contributed by atoms with van der Waals surface area (Å²) in [6.45, 7) is 0. The maximum Gasteiger partial charge on any atom is 0.252 e. The van der Waals surface area contributed by atoms with Crippen LogP contribution in [-0.4, -0.2) is 20.3 Å². The number of aliphatic hydroxyl groups excluding tert-OH is 2. The Balaban J connectivity index is 0. The van der Waals surface area contributed by atoms with Gasteiger partial charge in [-0.25, -0.2) is 0 Å². The number of aliphatic hydroxyl groups is 2. The van der Waals surface area contributed by atoms with E-state index in [9.17, 15) is 0 Å². The molecule has 0 aliphatic rings. The van der Waals surface area contributed by atoms with Crippen LogP contribution < -0.4 is 0 Å². The molecule has 2 N–H and O–H groups in total. The minimum absolute atomic E-state index is 0.528. The quantitative estimate of drug-likeness (QED) is 0.536. The molecule has 0 fully saturated rings. The van der Waals surface area contributed by atoms with Crippen molar-refractivity contribution in [3.8, 4) is 0 Å². The number of halogens is 1. The number of rotatable bonds is 0. The Morgan fingerprint density at radius 3 is 1.23 bits per heavy atom. The molecule has 1 aromatic rings. The van der Waals surface area contributed by atoms with Crippen molar-refractivity contribution in [3.63, 3.8) is 0 Å². The molecule has 0 bridgehead atoms. The molecule has 5 heteroatoms. The maximum absolute atomic E-state index is 7.55. The zero-order valence-corrected chi connectivity index (χ0v) is 9.02. The van der Waals surface area contributed by atoms with Crippen LogP contribution in [0.1, 0.15) is 0 Å². The van der Waals surface area contributed by atoms with Gasteiger partial charge in [0, 0.05) is 0 Å². The highest BCUT2D eigenvalue weighted by atomic mass is 35.5.